The van der Waals surface area contributed by atoms with Crippen molar-refractivity contribution in [1.82, 2.24) is 24.8 Å². The van der Waals surface area contributed by atoms with Gasteiger partial charge < -0.3 is 0 Å². The smallest absolute Gasteiger partial charge is 0.0801 e. The summed E-state index contributed by atoms with van der Waals surface area (Å²) in [5.74, 6) is 5.65. The van der Waals surface area contributed by atoms with E-state index in [-0.39, 0.29) is 6.04 Å². The molecule has 1 atom stereocenters. The highest BCUT2D eigenvalue weighted by Crippen LogP contribution is 2.23. The van der Waals surface area contributed by atoms with Crippen LogP contribution in [0, 0.1) is 0 Å². The molecule has 2 heterocycles. The Labute approximate surface area is 110 Å². The van der Waals surface area contributed by atoms with Gasteiger partial charge in [-0.05, 0) is 36.9 Å². The molecule has 0 fully saturated rings. The van der Waals surface area contributed by atoms with E-state index >= 15 is 0 Å². The van der Waals surface area contributed by atoms with Gasteiger partial charge in [-0.1, -0.05) is 11.4 Å². The minimum Gasteiger partial charge on any atom is -0.273 e. The predicted octanol–water partition coefficient (Wildman–Crippen LogP) is 1.06. The van der Waals surface area contributed by atoms with E-state index < -0.39 is 0 Å². The molecule has 0 saturated heterocycles. The molecule has 0 radical (unpaired) electrons. The normalized spacial score (nSPS) is 12.8. The average Bonchev–Trinajstić information content (AvgIpc) is 3.04. The first-order chi connectivity index (χ1) is 8.78. The van der Waals surface area contributed by atoms with Gasteiger partial charge in [0.25, 0.3) is 0 Å². The van der Waals surface area contributed by atoms with Crippen LogP contribution < -0.4 is 11.3 Å². The summed E-state index contributed by atoms with van der Waals surface area (Å²) in [6.45, 7) is 5.02. The van der Waals surface area contributed by atoms with Crippen LogP contribution in [0.4, 0.5) is 0 Å². The van der Waals surface area contributed by atoms with Crippen LogP contribution in [-0.4, -0.2) is 19.4 Å². The van der Waals surface area contributed by atoms with E-state index in [1.54, 1.807) is 0 Å². The molecule has 0 aromatic carbocycles. The quantitative estimate of drug-likeness (QED) is 0.603. The van der Waals surface area contributed by atoms with Gasteiger partial charge >= 0.3 is 0 Å². The van der Waals surface area contributed by atoms with Gasteiger partial charge in [-0.2, -0.15) is 5.10 Å². The van der Waals surface area contributed by atoms with Gasteiger partial charge in [-0.25, -0.2) is 0 Å². The van der Waals surface area contributed by atoms with Gasteiger partial charge in [-0.15, -0.1) is 5.10 Å². The van der Waals surface area contributed by atoms with Crippen molar-refractivity contribution in [1.29, 1.82) is 0 Å². The Bertz CT molecular complexity index is 491. The fourth-order valence-corrected chi connectivity index (χ4v) is 2.67. The van der Waals surface area contributed by atoms with Crippen LogP contribution in [-0.2, 0) is 19.4 Å². The van der Waals surface area contributed by atoms with E-state index in [0.717, 1.165) is 35.5 Å². The van der Waals surface area contributed by atoms with Crippen molar-refractivity contribution in [3.8, 4) is 0 Å². The first-order valence-corrected chi connectivity index (χ1v) is 6.84. The Kier molecular flexibility index (Phi) is 4.40. The summed E-state index contributed by atoms with van der Waals surface area (Å²) >= 11 is 1.41. The second-order valence-electron chi connectivity index (χ2n) is 4.07. The molecule has 3 N–H and O–H groups in total. The number of rotatable bonds is 6. The maximum absolute atomic E-state index is 5.65. The number of nitrogens with two attached hydrogens (primary N) is 1. The molecule has 2 aromatic rings. The monoisotopic (exact) mass is 266 g/mol. The van der Waals surface area contributed by atoms with Crippen LogP contribution in [0.15, 0.2) is 12.4 Å². The maximum Gasteiger partial charge on any atom is 0.0801 e. The molecule has 0 aliphatic rings. The summed E-state index contributed by atoms with van der Waals surface area (Å²) in [6, 6.07) is 0.0504. The molecule has 0 aliphatic carbocycles. The lowest BCUT2D eigenvalue weighted by molar-refractivity contribution is 0.554. The highest BCUT2D eigenvalue weighted by Gasteiger charge is 2.18. The van der Waals surface area contributed by atoms with Gasteiger partial charge in [0.2, 0.25) is 0 Å². The van der Waals surface area contributed by atoms with Crippen LogP contribution in [0.5, 0.6) is 0 Å². The zero-order valence-electron chi connectivity index (χ0n) is 10.6. The van der Waals surface area contributed by atoms with E-state index in [0.29, 0.717) is 0 Å². The third-order valence-corrected chi connectivity index (χ3v) is 3.77. The molecule has 6 nitrogen and oxygen atoms in total. The number of nitrogens with zero attached hydrogens (tertiary/aromatic N) is 4. The number of hydrogen-bond acceptors (Lipinski definition) is 6. The van der Waals surface area contributed by atoms with E-state index in [1.165, 1.54) is 11.5 Å². The lowest BCUT2D eigenvalue weighted by atomic mass is 10.1. The van der Waals surface area contributed by atoms with Crippen molar-refractivity contribution < 1.29 is 0 Å². The fraction of sp³-hybridized carbons (Fsp3) is 0.545. The van der Waals surface area contributed by atoms with E-state index in [1.807, 2.05) is 17.1 Å². The van der Waals surface area contributed by atoms with Crippen molar-refractivity contribution >= 4 is 11.5 Å². The fourth-order valence-electron chi connectivity index (χ4n) is 1.87. The SMILES string of the molecule is CCc1nnsc1C(Cc1cnn(CC)c1)NN. The molecule has 0 saturated carbocycles. The summed E-state index contributed by atoms with van der Waals surface area (Å²) in [5.41, 5.74) is 5.03. The molecule has 2 rings (SSSR count). The Morgan fingerprint density at radius 1 is 1.50 bits per heavy atom. The standard InChI is InChI=1S/C11H18N6S/c1-3-9-11(18-16-15-9)10(14-12)5-8-6-13-17(4-2)7-8/h6-7,10,14H,3-5,12H2,1-2H3. The van der Waals surface area contributed by atoms with Crippen molar-refractivity contribution in [3.05, 3.63) is 28.5 Å². The summed E-state index contributed by atoms with van der Waals surface area (Å²) in [6.07, 6.45) is 5.60. The maximum atomic E-state index is 5.65. The lowest BCUT2D eigenvalue weighted by Crippen LogP contribution is -2.29. The number of nitrogens with one attached hydrogen (secondary N) is 1. The van der Waals surface area contributed by atoms with Gasteiger partial charge in [0.15, 0.2) is 0 Å². The summed E-state index contributed by atoms with van der Waals surface area (Å²) in [7, 11) is 0. The van der Waals surface area contributed by atoms with Crippen molar-refractivity contribution in [2.75, 3.05) is 0 Å². The summed E-state index contributed by atoms with van der Waals surface area (Å²) in [5, 5.41) is 8.38. The predicted molar refractivity (Wildman–Crippen MR) is 71.0 cm³/mol. The summed E-state index contributed by atoms with van der Waals surface area (Å²) in [4.78, 5) is 1.12. The van der Waals surface area contributed by atoms with Crippen molar-refractivity contribution in [3.63, 3.8) is 0 Å². The van der Waals surface area contributed by atoms with E-state index in [4.69, 9.17) is 5.84 Å². The van der Waals surface area contributed by atoms with Crippen LogP contribution in [0.2, 0.25) is 0 Å². The van der Waals surface area contributed by atoms with Crippen LogP contribution >= 0.6 is 11.5 Å². The molecule has 1 unspecified atom stereocenters. The zero-order chi connectivity index (χ0) is 13.0. The molecule has 0 bridgehead atoms. The van der Waals surface area contributed by atoms with E-state index in [2.05, 4.69) is 34.0 Å². The van der Waals surface area contributed by atoms with Gasteiger partial charge in [-0.3, -0.25) is 16.0 Å². The third kappa shape index (κ3) is 2.74. The Morgan fingerprint density at radius 3 is 2.94 bits per heavy atom. The molecular weight excluding hydrogens is 248 g/mol. The Balaban J connectivity index is 2.14. The number of hydrogen-bond donors (Lipinski definition) is 2. The number of aromatic nitrogens is 4. The minimum absolute atomic E-state index is 0.0504. The Morgan fingerprint density at radius 2 is 2.33 bits per heavy atom. The second kappa shape index (κ2) is 6.03. The number of hydrazine groups is 1. The first kappa shape index (κ1) is 13.1. The molecule has 0 amide bonds. The van der Waals surface area contributed by atoms with E-state index in [9.17, 15) is 0 Å². The van der Waals surface area contributed by atoms with Crippen LogP contribution in [0.3, 0.4) is 0 Å². The average molecular weight is 266 g/mol. The lowest BCUT2D eigenvalue weighted by Gasteiger charge is -2.13. The molecule has 7 heteroatoms. The van der Waals surface area contributed by atoms with Gasteiger partial charge in [0.05, 0.1) is 22.8 Å². The third-order valence-electron chi connectivity index (χ3n) is 2.89. The Hall–Kier alpha value is -1.31. The zero-order valence-corrected chi connectivity index (χ0v) is 11.4. The molecular formula is C11H18N6S. The molecule has 98 valence electrons. The molecule has 0 spiro atoms. The molecule has 0 aliphatic heterocycles. The topological polar surface area (TPSA) is 81.7 Å². The second-order valence-corrected chi connectivity index (χ2v) is 4.85. The highest BCUT2D eigenvalue weighted by atomic mass is 32.1. The van der Waals surface area contributed by atoms with Crippen LogP contribution in [0.25, 0.3) is 0 Å². The van der Waals surface area contributed by atoms with Gasteiger partial charge in [0.1, 0.15) is 0 Å². The molecule has 18 heavy (non-hydrogen) atoms. The number of aryl methyl sites for hydroxylation is 2. The largest absolute Gasteiger partial charge is 0.273 e. The van der Waals surface area contributed by atoms with Gasteiger partial charge in [0, 0.05) is 12.7 Å². The van der Waals surface area contributed by atoms with Crippen molar-refractivity contribution in [2.24, 2.45) is 5.84 Å². The van der Waals surface area contributed by atoms with Crippen LogP contribution in [0.1, 0.15) is 36.0 Å². The highest BCUT2D eigenvalue weighted by molar-refractivity contribution is 7.05. The first-order valence-electron chi connectivity index (χ1n) is 6.07. The minimum atomic E-state index is 0.0504. The summed E-state index contributed by atoms with van der Waals surface area (Å²) < 4.78 is 5.91. The van der Waals surface area contributed by atoms with Crippen molar-refractivity contribution in [2.45, 2.75) is 39.3 Å². The molecule has 2 aromatic heterocycles.